The van der Waals surface area contributed by atoms with E-state index in [1.165, 1.54) is 0 Å². The van der Waals surface area contributed by atoms with Crippen LogP contribution in [0.1, 0.15) is 15.9 Å². The normalized spacial score (nSPS) is 11.1. The highest BCUT2D eigenvalue weighted by Crippen LogP contribution is 2.40. The number of nitro groups is 1. The summed E-state index contributed by atoms with van der Waals surface area (Å²) >= 11 is 0. The minimum Gasteiger partial charge on any atom is -0.465 e. The van der Waals surface area contributed by atoms with Crippen LogP contribution in [0.15, 0.2) is 30.3 Å². The van der Waals surface area contributed by atoms with Gasteiger partial charge in [0.25, 0.3) is 5.69 Å². The van der Waals surface area contributed by atoms with E-state index >= 15 is 0 Å². The van der Waals surface area contributed by atoms with E-state index in [0.717, 1.165) is 31.4 Å². The Balaban J connectivity index is 2.53. The summed E-state index contributed by atoms with van der Waals surface area (Å²) in [6.45, 7) is 0. The second kappa shape index (κ2) is 6.86. The highest BCUT2D eigenvalue weighted by molar-refractivity contribution is 5.94. The van der Waals surface area contributed by atoms with Gasteiger partial charge in [-0.1, -0.05) is 0 Å². The molecule has 26 heavy (non-hydrogen) atoms. The van der Waals surface area contributed by atoms with E-state index < -0.39 is 51.1 Å². The number of hydrogen-bond donors (Lipinski definition) is 1. The van der Waals surface area contributed by atoms with Crippen molar-refractivity contribution >= 4 is 17.3 Å². The SMILES string of the molecule is COC(=O)c1cc(Oc2c(N)ccc(C(F)(F)F)c2F)ccc1[N+](=O)[O-]. The van der Waals surface area contributed by atoms with Crippen LogP contribution in [0.25, 0.3) is 0 Å². The molecule has 0 saturated carbocycles. The molecular formula is C15H10F4N2O5. The first kappa shape index (κ1) is 19.0. The molecule has 0 bridgehead atoms. The quantitative estimate of drug-likeness (QED) is 0.286. The number of ether oxygens (including phenoxy) is 2. The van der Waals surface area contributed by atoms with Crippen molar-refractivity contribution in [1.82, 2.24) is 0 Å². The topological polar surface area (TPSA) is 105 Å². The molecule has 7 nitrogen and oxygen atoms in total. The lowest BCUT2D eigenvalue weighted by atomic mass is 10.1. The molecule has 0 amide bonds. The predicted octanol–water partition coefficient (Wildman–Crippen LogP) is 3.91. The fourth-order valence-corrected chi connectivity index (χ4v) is 2.02. The largest absolute Gasteiger partial charge is 0.465 e. The molecule has 2 N–H and O–H groups in total. The molecule has 0 radical (unpaired) electrons. The van der Waals surface area contributed by atoms with E-state index in [-0.39, 0.29) is 5.75 Å². The molecular weight excluding hydrogens is 364 g/mol. The number of anilines is 1. The third kappa shape index (κ3) is 3.66. The third-order valence-corrected chi connectivity index (χ3v) is 3.22. The van der Waals surface area contributed by atoms with Crippen molar-refractivity contribution in [1.29, 1.82) is 0 Å². The minimum absolute atomic E-state index is 0.346. The summed E-state index contributed by atoms with van der Waals surface area (Å²) in [6.07, 6.45) is -4.98. The molecule has 138 valence electrons. The lowest BCUT2D eigenvalue weighted by Gasteiger charge is -2.14. The van der Waals surface area contributed by atoms with Gasteiger partial charge in [0.05, 0.1) is 23.3 Å². The van der Waals surface area contributed by atoms with Crippen LogP contribution < -0.4 is 10.5 Å². The van der Waals surface area contributed by atoms with Gasteiger partial charge in [-0.2, -0.15) is 13.2 Å². The van der Waals surface area contributed by atoms with Crippen LogP contribution >= 0.6 is 0 Å². The van der Waals surface area contributed by atoms with E-state index in [9.17, 15) is 32.5 Å². The predicted molar refractivity (Wildman–Crippen MR) is 80.3 cm³/mol. The van der Waals surface area contributed by atoms with Crippen LogP contribution in [-0.4, -0.2) is 18.0 Å². The van der Waals surface area contributed by atoms with Crippen molar-refractivity contribution < 1.29 is 36.8 Å². The molecule has 0 aliphatic rings. The van der Waals surface area contributed by atoms with Crippen LogP contribution in [0.3, 0.4) is 0 Å². The number of nitrogens with zero attached hydrogens (tertiary/aromatic N) is 1. The van der Waals surface area contributed by atoms with Crippen molar-refractivity contribution in [3.05, 3.63) is 57.4 Å². The summed E-state index contributed by atoms with van der Waals surface area (Å²) in [5.74, 6) is -4.11. The summed E-state index contributed by atoms with van der Waals surface area (Å²) in [4.78, 5) is 21.7. The number of esters is 1. The number of carbonyl (C=O) groups is 1. The van der Waals surface area contributed by atoms with Gasteiger partial charge in [-0.05, 0) is 18.2 Å². The van der Waals surface area contributed by atoms with Gasteiger partial charge < -0.3 is 15.2 Å². The third-order valence-electron chi connectivity index (χ3n) is 3.22. The van der Waals surface area contributed by atoms with E-state index in [1.807, 2.05) is 0 Å². The van der Waals surface area contributed by atoms with E-state index in [1.54, 1.807) is 0 Å². The van der Waals surface area contributed by atoms with E-state index in [2.05, 4.69) is 4.74 Å². The zero-order chi connectivity index (χ0) is 19.6. The number of rotatable bonds is 4. The van der Waals surface area contributed by atoms with E-state index in [4.69, 9.17) is 10.5 Å². The maximum atomic E-state index is 14.1. The Morgan fingerprint density at radius 1 is 1.23 bits per heavy atom. The van der Waals surface area contributed by atoms with Crippen LogP contribution in [0, 0.1) is 15.9 Å². The molecule has 0 heterocycles. The molecule has 0 atom stereocenters. The van der Waals surface area contributed by atoms with Gasteiger partial charge in [-0.3, -0.25) is 10.1 Å². The van der Waals surface area contributed by atoms with Gasteiger partial charge in [0.15, 0.2) is 11.6 Å². The zero-order valence-corrected chi connectivity index (χ0v) is 13.0. The second-order valence-electron chi connectivity index (χ2n) is 4.87. The van der Waals surface area contributed by atoms with Crippen molar-refractivity contribution in [2.45, 2.75) is 6.18 Å². The second-order valence-corrected chi connectivity index (χ2v) is 4.87. The van der Waals surface area contributed by atoms with E-state index in [0.29, 0.717) is 6.07 Å². The average molecular weight is 374 g/mol. The molecule has 0 aliphatic heterocycles. The highest BCUT2D eigenvalue weighted by Gasteiger charge is 2.36. The van der Waals surface area contributed by atoms with Gasteiger partial charge >= 0.3 is 12.1 Å². The fourth-order valence-electron chi connectivity index (χ4n) is 2.02. The van der Waals surface area contributed by atoms with Crippen LogP contribution in [0.5, 0.6) is 11.5 Å². The molecule has 0 aromatic heterocycles. The van der Waals surface area contributed by atoms with Gasteiger partial charge in [-0.25, -0.2) is 9.18 Å². The zero-order valence-electron chi connectivity index (χ0n) is 13.0. The summed E-state index contributed by atoms with van der Waals surface area (Å²) in [5, 5.41) is 10.9. The number of hydrogen-bond acceptors (Lipinski definition) is 6. The Hall–Kier alpha value is -3.37. The lowest BCUT2D eigenvalue weighted by Crippen LogP contribution is -2.10. The highest BCUT2D eigenvalue weighted by atomic mass is 19.4. The number of benzene rings is 2. The smallest absolute Gasteiger partial charge is 0.419 e. The van der Waals surface area contributed by atoms with Crippen LogP contribution in [-0.2, 0) is 10.9 Å². The van der Waals surface area contributed by atoms with Crippen molar-refractivity contribution in [2.75, 3.05) is 12.8 Å². The number of alkyl halides is 3. The summed E-state index contributed by atoms with van der Waals surface area (Å²) in [6, 6.07) is 3.93. The van der Waals surface area contributed by atoms with Crippen LogP contribution in [0.2, 0.25) is 0 Å². The Morgan fingerprint density at radius 2 is 1.88 bits per heavy atom. The van der Waals surface area contributed by atoms with Crippen molar-refractivity contribution in [3.63, 3.8) is 0 Å². The molecule has 2 rings (SSSR count). The minimum atomic E-state index is -4.98. The standard InChI is InChI=1S/C15H10F4N2O5/c1-25-14(22)8-6-7(2-5-11(8)21(23)24)26-13-10(20)4-3-9(12(13)16)15(17,18)19/h2-6H,20H2,1H3. The molecule has 0 unspecified atom stereocenters. The maximum Gasteiger partial charge on any atom is 0.419 e. The molecule has 11 heteroatoms. The Morgan fingerprint density at radius 3 is 2.42 bits per heavy atom. The summed E-state index contributed by atoms with van der Waals surface area (Å²) < 4.78 is 61.9. The number of halogens is 4. The molecule has 2 aromatic rings. The first-order chi connectivity index (χ1) is 12.1. The number of carbonyl (C=O) groups excluding carboxylic acids is 1. The molecule has 0 aliphatic carbocycles. The Bertz CT molecular complexity index is 883. The van der Waals surface area contributed by atoms with Crippen molar-refractivity contribution in [2.24, 2.45) is 0 Å². The van der Waals surface area contributed by atoms with Gasteiger partial charge in [0.2, 0.25) is 0 Å². The summed E-state index contributed by atoms with van der Waals surface area (Å²) in [5.41, 5.74) is 2.26. The molecule has 2 aromatic carbocycles. The number of nitrogen functional groups attached to an aromatic ring is 1. The lowest BCUT2D eigenvalue weighted by molar-refractivity contribution is -0.385. The monoisotopic (exact) mass is 374 g/mol. The van der Waals surface area contributed by atoms with Gasteiger partial charge in [-0.15, -0.1) is 0 Å². The van der Waals surface area contributed by atoms with Crippen LogP contribution in [0.4, 0.5) is 28.9 Å². The number of methoxy groups -OCH3 is 1. The Labute approximate surface area is 143 Å². The first-order valence-electron chi connectivity index (χ1n) is 6.76. The molecule has 0 saturated heterocycles. The molecule has 0 spiro atoms. The average Bonchev–Trinajstić information content (AvgIpc) is 2.56. The fraction of sp³-hybridized carbons (Fsp3) is 0.133. The number of nitro benzene ring substituents is 1. The summed E-state index contributed by atoms with van der Waals surface area (Å²) in [7, 11) is 0.976. The maximum absolute atomic E-state index is 14.1. The van der Waals surface area contributed by atoms with Gasteiger partial charge in [0.1, 0.15) is 11.3 Å². The van der Waals surface area contributed by atoms with Crippen molar-refractivity contribution in [3.8, 4) is 11.5 Å². The Kier molecular flexibility index (Phi) is 5.00. The first-order valence-corrected chi connectivity index (χ1v) is 6.76. The van der Waals surface area contributed by atoms with Gasteiger partial charge in [0, 0.05) is 12.1 Å². The number of nitrogens with two attached hydrogens (primary N) is 1. The molecule has 0 fully saturated rings.